The van der Waals surface area contributed by atoms with Crippen LogP contribution in [0.4, 0.5) is 10.1 Å². The molecule has 5 heteroatoms. The first-order valence-electron chi connectivity index (χ1n) is 5.38. The highest BCUT2D eigenvalue weighted by Gasteiger charge is 2.06. The Labute approximate surface area is 104 Å². The Morgan fingerprint density at radius 3 is 3.00 bits per heavy atom. The molecule has 0 fully saturated rings. The second kappa shape index (κ2) is 5.23. The quantitative estimate of drug-likeness (QED) is 0.671. The van der Waals surface area contributed by atoms with Gasteiger partial charge in [-0.1, -0.05) is 0 Å². The largest absolute Gasteiger partial charge is 0.399 e. The minimum absolute atomic E-state index is 0.274. The number of anilines is 1. The van der Waals surface area contributed by atoms with Crippen molar-refractivity contribution in [3.63, 3.8) is 0 Å². The molecule has 1 aromatic carbocycles. The van der Waals surface area contributed by atoms with Crippen LogP contribution >= 0.6 is 11.8 Å². The molecule has 0 amide bonds. The molecule has 0 radical (unpaired) electrons. The van der Waals surface area contributed by atoms with Gasteiger partial charge in [0.2, 0.25) is 0 Å². The summed E-state index contributed by atoms with van der Waals surface area (Å²) in [4.78, 5) is 4.85. The first kappa shape index (κ1) is 12.0. The van der Waals surface area contributed by atoms with Crippen LogP contribution in [-0.4, -0.2) is 9.55 Å². The highest BCUT2D eigenvalue weighted by atomic mass is 32.2. The zero-order valence-electron chi connectivity index (χ0n) is 9.56. The number of rotatable bonds is 4. The maximum atomic E-state index is 13.5. The van der Waals surface area contributed by atoms with Crippen molar-refractivity contribution in [1.82, 2.24) is 9.55 Å². The lowest BCUT2D eigenvalue weighted by molar-refractivity contribution is 0.602. The van der Waals surface area contributed by atoms with Gasteiger partial charge in [0.1, 0.15) is 11.6 Å². The Morgan fingerprint density at radius 2 is 2.29 bits per heavy atom. The van der Waals surface area contributed by atoms with E-state index in [4.69, 9.17) is 5.73 Å². The summed E-state index contributed by atoms with van der Waals surface area (Å²) in [5.41, 5.74) is 5.94. The number of aromatic nitrogens is 2. The molecule has 0 saturated carbocycles. The van der Waals surface area contributed by atoms with E-state index < -0.39 is 0 Å². The molecule has 2 rings (SSSR count). The summed E-state index contributed by atoms with van der Waals surface area (Å²) in [5, 5.41) is 0. The molecule has 90 valence electrons. The summed E-state index contributed by atoms with van der Waals surface area (Å²) in [7, 11) is 0. The summed E-state index contributed by atoms with van der Waals surface area (Å²) in [6.45, 7) is 2.93. The van der Waals surface area contributed by atoms with Gasteiger partial charge < -0.3 is 10.3 Å². The van der Waals surface area contributed by atoms with Crippen molar-refractivity contribution in [1.29, 1.82) is 0 Å². The number of hydrogen-bond donors (Lipinski definition) is 1. The number of benzene rings is 1. The fourth-order valence-corrected chi connectivity index (χ4v) is 2.43. The molecular formula is C12H14FN3S. The van der Waals surface area contributed by atoms with Gasteiger partial charge in [0, 0.05) is 29.5 Å². The third-order valence-electron chi connectivity index (χ3n) is 2.46. The van der Waals surface area contributed by atoms with Gasteiger partial charge in [0.25, 0.3) is 0 Å². The van der Waals surface area contributed by atoms with Crippen molar-refractivity contribution in [2.24, 2.45) is 0 Å². The number of aryl methyl sites for hydroxylation is 1. The van der Waals surface area contributed by atoms with E-state index in [0.29, 0.717) is 16.3 Å². The van der Waals surface area contributed by atoms with Crippen LogP contribution in [0.2, 0.25) is 0 Å². The molecule has 0 aliphatic carbocycles. The van der Waals surface area contributed by atoms with Crippen molar-refractivity contribution < 1.29 is 4.39 Å². The number of nitrogens with zero attached hydrogens (tertiary/aromatic N) is 2. The molecule has 17 heavy (non-hydrogen) atoms. The molecule has 1 heterocycles. The molecular weight excluding hydrogens is 237 g/mol. The van der Waals surface area contributed by atoms with E-state index in [1.54, 1.807) is 18.3 Å². The highest BCUT2D eigenvalue weighted by molar-refractivity contribution is 7.98. The minimum atomic E-state index is -0.274. The van der Waals surface area contributed by atoms with E-state index in [1.165, 1.54) is 17.8 Å². The maximum absolute atomic E-state index is 13.5. The van der Waals surface area contributed by atoms with E-state index in [-0.39, 0.29) is 5.82 Å². The van der Waals surface area contributed by atoms with E-state index in [0.717, 1.165) is 12.4 Å². The molecule has 0 spiro atoms. The minimum Gasteiger partial charge on any atom is -0.399 e. The average Bonchev–Trinajstić information content (AvgIpc) is 2.75. The third-order valence-corrected chi connectivity index (χ3v) is 3.50. The lowest BCUT2D eigenvalue weighted by Gasteiger charge is -2.05. The van der Waals surface area contributed by atoms with E-state index in [9.17, 15) is 4.39 Å². The molecule has 0 aliphatic rings. The average molecular weight is 251 g/mol. The number of nitrogen functional groups attached to an aromatic ring is 1. The van der Waals surface area contributed by atoms with Gasteiger partial charge in [-0.25, -0.2) is 9.37 Å². The number of nitrogens with two attached hydrogens (primary N) is 1. The van der Waals surface area contributed by atoms with Crippen LogP contribution in [0, 0.1) is 5.82 Å². The smallest absolute Gasteiger partial charge is 0.138 e. The van der Waals surface area contributed by atoms with Crippen LogP contribution in [-0.2, 0) is 12.3 Å². The van der Waals surface area contributed by atoms with Crippen LogP contribution in [0.15, 0.2) is 35.5 Å². The van der Waals surface area contributed by atoms with Gasteiger partial charge >= 0.3 is 0 Å². The van der Waals surface area contributed by atoms with E-state index in [2.05, 4.69) is 11.9 Å². The topological polar surface area (TPSA) is 43.8 Å². The van der Waals surface area contributed by atoms with E-state index in [1.807, 2.05) is 10.8 Å². The molecule has 0 atom stereocenters. The van der Waals surface area contributed by atoms with Crippen molar-refractivity contribution in [2.75, 3.05) is 5.73 Å². The van der Waals surface area contributed by atoms with Crippen molar-refractivity contribution in [3.05, 3.63) is 42.2 Å². The van der Waals surface area contributed by atoms with Gasteiger partial charge in [-0.3, -0.25) is 0 Å². The lowest BCUT2D eigenvalue weighted by atomic mass is 10.3. The molecule has 1 aromatic heterocycles. The van der Waals surface area contributed by atoms with Crippen LogP contribution in [0.25, 0.3) is 0 Å². The number of imidazole rings is 1. The zero-order valence-corrected chi connectivity index (χ0v) is 10.4. The summed E-state index contributed by atoms with van der Waals surface area (Å²) in [5.74, 6) is 1.33. The van der Waals surface area contributed by atoms with Crippen molar-refractivity contribution >= 4 is 17.4 Å². The lowest BCUT2D eigenvalue weighted by Crippen LogP contribution is -1.99. The molecule has 0 bridgehead atoms. The van der Waals surface area contributed by atoms with Crippen molar-refractivity contribution in [2.45, 2.75) is 24.1 Å². The number of halogens is 1. The van der Waals surface area contributed by atoms with Gasteiger partial charge in [-0.05, 0) is 25.1 Å². The van der Waals surface area contributed by atoms with Gasteiger partial charge in [-0.15, -0.1) is 11.8 Å². The van der Waals surface area contributed by atoms with Crippen LogP contribution < -0.4 is 5.73 Å². The predicted octanol–water partition coefficient (Wildman–Crippen LogP) is 2.92. The third kappa shape index (κ3) is 2.79. The van der Waals surface area contributed by atoms with Gasteiger partial charge in [0.15, 0.2) is 0 Å². The number of hydrogen-bond acceptors (Lipinski definition) is 3. The molecule has 2 aromatic rings. The zero-order chi connectivity index (χ0) is 12.3. The monoisotopic (exact) mass is 251 g/mol. The Balaban J connectivity index is 2.07. The van der Waals surface area contributed by atoms with Gasteiger partial charge in [-0.2, -0.15) is 0 Å². The van der Waals surface area contributed by atoms with Crippen LogP contribution in [0.1, 0.15) is 12.7 Å². The van der Waals surface area contributed by atoms with Crippen LogP contribution in [0.3, 0.4) is 0 Å². The first-order chi connectivity index (χ1) is 8.20. The fraction of sp³-hybridized carbons (Fsp3) is 0.250. The molecule has 0 unspecified atom stereocenters. The maximum Gasteiger partial charge on any atom is 0.138 e. The van der Waals surface area contributed by atoms with Crippen molar-refractivity contribution in [3.8, 4) is 0 Å². The Bertz CT molecular complexity index is 510. The summed E-state index contributed by atoms with van der Waals surface area (Å²) < 4.78 is 15.6. The Hall–Kier alpha value is -1.49. The summed E-state index contributed by atoms with van der Waals surface area (Å²) >= 11 is 1.43. The fourth-order valence-electron chi connectivity index (χ4n) is 1.54. The van der Waals surface area contributed by atoms with E-state index >= 15 is 0 Å². The summed E-state index contributed by atoms with van der Waals surface area (Å²) in [6, 6.07) is 4.75. The second-order valence-electron chi connectivity index (χ2n) is 3.61. The Morgan fingerprint density at radius 1 is 1.47 bits per heavy atom. The second-order valence-corrected chi connectivity index (χ2v) is 4.63. The molecule has 3 nitrogen and oxygen atoms in total. The number of thioether (sulfide) groups is 1. The predicted molar refractivity (Wildman–Crippen MR) is 68.3 cm³/mol. The van der Waals surface area contributed by atoms with Gasteiger partial charge in [0.05, 0.1) is 5.75 Å². The first-order valence-corrected chi connectivity index (χ1v) is 6.37. The molecule has 2 N–H and O–H groups in total. The normalized spacial score (nSPS) is 10.7. The summed E-state index contributed by atoms with van der Waals surface area (Å²) in [6.07, 6.45) is 3.69. The van der Waals surface area contributed by atoms with Crippen LogP contribution in [0.5, 0.6) is 0 Å². The molecule has 0 aliphatic heterocycles. The highest BCUT2D eigenvalue weighted by Crippen LogP contribution is 2.26. The molecule has 0 saturated heterocycles. The SMILES string of the molecule is CCn1ccnc1CSc1ccc(N)cc1F. The Kier molecular flexibility index (Phi) is 3.68. The standard InChI is InChI=1S/C12H14FN3S/c1-2-16-6-5-15-12(16)8-17-11-4-3-9(14)7-10(11)13/h3-7H,2,8,14H2,1H3.